The van der Waals surface area contributed by atoms with Gasteiger partial charge in [0, 0.05) is 18.7 Å². The number of rotatable bonds is 4. The molecule has 1 saturated heterocycles. The molecule has 0 N–H and O–H groups in total. The molecular formula is C26H23F3N4O. The summed E-state index contributed by atoms with van der Waals surface area (Å²) in [5, 5.41) is 3.89. The monoisotopic (exact) mass is 464 g/mol. The first-order chi connectivity index (χ1) is 16.4. The van der Waals surface area contributed by atoms with Crippen molar-refractivity contribution in [3.8, 4) is 11.3 Å². The Bertz CT molecular complexity index is 1290. The molecule has 0 bridgehead atoms. The molecule has 1 aliphatic heterocycles. The Morgan fingerprint density at radius 3 is 2.26 bits per heavy atom. The van der Waals surface area contributed by atoms with Gasteiger partial charge >= 0.3 is 6.18 Å². The highest BCUT2D eigenvalue weighted by molar-refractivity contribution is 6.00. The van der Waals surface area contributed by atoms with Crippen molar-refractivity contribution in [2.75, 3.05) is 13.1 Å². The van der Waals surface area contributed by atoms with Crippen molar-refractivity contribution in [1.29, 1.82) is 0 Å². The van der Waals surface area contributed by atoms with Gasteiger partial charge in [-0.25, -0.2) is 9.50 Å². The van der Waals surface area contributed by atoms with Crippen LogP contribution in [0.25, 0.3) is 16.9 Å². The summed E-state index contributed by atoms with van der Waals surface area (Å²) < 4.78 is 42.2. The van der Waals surface area contributed by atoms with E-state index < -0.39 is 11.9 Å². The van der Waals surface area contributed by atoms with Crippen molar-refractivity contribution in [2.24, 2.45) is 5.92 Å². The van der Waals surface area contributed by atoms with Crippen molar-refractivity contribution in [3.05, 3.63) is 89.7 Å². The molecule has 0 spiro atoms. The summed E-state index contributed by atoms with van der Waals surface area (Å²) in [5.74, 6) is 0.133. The molecule has 5 rings (SSSR count). The van der Waals surface area contributed by atoms with E-state index in [1.165, 1.54) is 11.8 Å². The van der Waals surface area contributed by atoms with Gasteiger partial charge in [-0.2, -0.15) is 18.3 Å². The summed E-state index contributed by atoms with van der Waals surface area (Å²) in [6.45, 7) is 1.11. The second kappa shape index (κ2) is 8.93. The van der Waals surface area contributed by atoms with Crippen LogP contribution >= 0.6 is 0 Å². The summed E-state index contributed by atoms with van der Waals surface area (Å²) in [4.78, 5) is 19.4. The molecule has 5 nitrogen and oxygen atoms in total. The maximum absolute atomic E-state index is 13.8. The third-order valence-corrected chi connectivity index (χ3v) is 6.33. The van der Waals surface area contributed by atoms with Crippen LogP contribution in [0.2, 0.25) is 0 Å². The predicted octanol–water partition coefficient (Wildman–Crippen LogP) is 5.51. The zero-order valence-corrected chi connectivity index (χ0v) is 18.4. The van der Waals surface area contributed by atoms with Crippen LogP contribution in [0.15, 0.2) is 72.9 Å². The lowest BCUT2D eigenvalue weighted by Gasteiger charge is -2.32. The number of carbonyl (C=O) groups excluding carboxylic acids is 1. The van der Waals surface area contributed by atoms with Gasteiger partial charge in [0.25, 0.3) is 5.91 Å². The maximum Gasteiger partial charge on any atom is 0.433 e. The lowest BCUT2D eigenvalue weighted by Crippen LogP contribution is -2.39. The van der Waals surface area contributed by atoms with E-state index in [1.54, 1.807) is 35.2 Å². The maximum atomic E-state index is 13.8. The van der Waals surface area contributed by atoms with Crippen molar-refractivity contribution in [1.82, 2.24) is 19.5 Å². The lowest BCUT2D eigenvalue weighted by molar-refractivity contribution is -0.142. The zero-order valence-electron chi connectivity index (χ0n) is 18.4. The minimum Gasteiger partial charge on any atom is -0.338 e. The Balaban J connectivity index is 1.42. The molecule has 8 heteroatoms. The number of hydrogen-bond acceptors (Lipinski definition) is 3. The lowest BCUT2D eigenvalue weighted by atomic mass is 9.90. The number of halogens is 3. The first-order valence-electron chi connectivity index (χ1n) is 11.2. The van der Waals surface area contributed by atoms with E-state index in [9.17, 15) is 18.0 Å². The topological polar surface area (TPSA) is 50.5 Å². The summed E-state index contributed by atoms with van der Waals surface area (Å²) in [6.07, 6.45) is -0.805. The molecule has 34 heavy (non-hydrogen) atoms. The quantitative estimate of drug-likeness (QED) is 0.400. The number of alkyl halides is 3. The summed E-state index contributed by atoms with van der Waals surface area (Å²) in [6, 6.07) is 19.8. The van der Waals surface area contributed by atoms with Gasteiger partial charge in [0.2, 0.25) is 0 Å². The van der Waals surface area contributed by atoms with E-state index in [2.05, 4.69) is 22.2 Å². The average Bonchev–Trinajstić information content (AvgIpc) is 3.28. The predicted molar refractivity (Wildman–Crippen MR) is 122 cm³/mol. The normalized spacial score (nSPS) is 15.1. The Morgan fingerprint density at radius 1 is 0.971 bits per heavy atom. The molecule has 0 saturated carbocycles. The zero-order chi connectivity index (χ0) is 23.7. The van der Waals surface area contributed by atoms with E-state index in [1.807, 2.05) is 18.2 Å². The molecule has 2 aromatic carbocycles. The fourth-order valence-electron chi connectivity index (χ4n) is 4.53. The van der Waals surface area contributed by atoms with Crippen LogP contribution in [0.4, 0.5) is 13.2 Å². The van der Waals surface area contributed by atoms with Crippen LogP contribution in [-0.2, 0) is 12.6 Å². The minimum absolute atomic E-state index is 0.0786. The largest absolute Gasteiger partial charge is 0.433 e. The fourth-order valence-corrected chi connectivity index (χ4v) is 4.53. The van der Waals surface area contributed by atoms with Crippen LogP contribution in [0, 0.1) is 5.92 Å². The molecule has 0 atom stereocenters. The molecule has 4 aromatic rings. The summed E-state index contributed by atoms with van der Waals surface area (Å²) in [7, 11) is 0. The van der Waals surface area contributed by atoms with E-state index in [0.717, 1.165) is 29.8 Å². The van der Waals surface area contributed by atoms with Gasteiger partial charge < -0.3 is 4.90 Å². The van der Waals surface area contributed by atoms with Gasteiger partial charge in [-0.15, -0.1) is 0 Å². The highest BCUT2D eigenvalue weighted by Crippen LogP contribution is 2.33. The molecule has 0 aliphatic carbocycles. The van der Waals surface area contributed by atoms with E-state index >= 15 is 0 Å². The Kier molecular flexibility index (Phi) is 5.81. The van der Waals surface area contributed by atoms with Gasteiger partial charge in [-0.1, -0.05) is 60.7 Å². The highest BCUT2D eigenvalue weighted by Gasteiger charge is 2.36. The summed E-state index contributed by atoms with van der Waals surface area (Å²) >= 11 is 0. The van der Waals surface area contributed by atoms with E-state index in [4.69, 9.17) is 0 Å². The average molecular weight is 464 g/mol. The van der Waals surface area contributed by atoms with E-state index in [-0.39, 0.29) is 22.8 Å². The third kappa shape index (κ3) is 4.40. The number of likely N-dealkylation sites (tertiary alicyclic amines) is 1. The number of aromatic nitrogens is 3. The Hall–Kier alpha value is -3.68. The smallest absolute Gasteiger partial charge is 0.338 e. The van der Waals surface area contributed by atoms with Gasteiger partial charge in [-0.05, 0) is 36.8 Å². The van der Waals surface area contributed by atoms with Crippen molar-refractivity contribution in [2.45, 2.75) is 25.4 Å². The molecule has 1 fully saturated rings. The molecule has 0 unspecified atom stereocenters. The fraction of sp³-hybridized carbons (Fsp3) is 0.269. The Labute approximate surface area is 194 Å². The number of hydrogen-bond donors (Lipinski definition) is 0. The van der Waals surface area contributed by atoms with Crippen molar-refractivity contribution in [3.63, 3.8) is 0 Å². The number of carbonyl (C=O) groups is 1. The van der Waals surface area contributed by atoms with Crippen LogP contribution < -0.4 is 0 Å². The highest BCUT2D eigenvalue weighted by atomic mass is 19.4. The van der Waals surface area contributed by atoms with Crippen LogP contribution in [0.5, 0.6) is 0 Å². The second-order valence-electron chi connectivity index (χ2n) is 8.61. The van der Waals surface area contributed by atoms with Crippen LogP contribution in [0.3, 0.4) is 0 Å². The molecule has 1 amide bonds. The molecule has 1 aliphatic rings. The first-order valence-corrected chi connectivity index (χ1v) is 11.2. The van der Waals surface area contributed by atoms with Gasteiger partial charge in [0.15, 0.2) is 11.3 Å². The van der Waals surface area contributed by atoms with Crippen LogP contribution in [0.1, 0.15) is 34.5 Å². The molecule has 2 aromatic heterocycles. The number of benzene rings is 2. The number of piperidine rings is 1. The molecule has 174 valence electrons. The van der Waals surface area contributed by atoms with E-state index in [0.29, 0.717) is 24.6 Å². The standard InChI is InChI=1S/C26H23F3N4O/c27-26(28,29)23-16-22(20-9-5-2-6-10-20)31-24-21(17-30-33(23)24)25(34)32-13-11-19(12-14-32)15-18-7-3-1-4-8-18/h1-10,16-17,19H,11-15H2. The number of fused-ring (bicyclic) bond motifs is 1. The van der Waals surface area contributed by atoms with Gasteiger partial charge in [-0.3, -0.25) is 4.79 Å². The Morgan fingerprint density at radius 2 is 1.62 bits per heavy atom. The molecule has 0 radical (unpaired) electrons. The van der Waals surface area contributed by atoms with Crippen molar-refractivity contribution < 1.29 is 18.0 Å². The minimum atomic E-state index is -4.65. The second-order valence-corrected chi connectivity index (χ2v) is 8.61. The summed E-state index contributed by atoms with van der Waals surface area (Å²) in [5.41, 5.74) is 1.01. The third-order valence-electron chi connectivity index (χ3n) is 6.33. The van der Waals surface area contributed by atoms with Gasteiger partial charge in [0.05, 0.1) is 11.9 Å². The SMILES string of the molecule is O=C(c1cnn2c(C(F)(F)F)cc(-c3ccccc3)nc12)N1CCC(Cc2ccccc2)CC1. The first kappa shape index (κ1) is 22.1. The molecule has 3 heterocycles. The van der Waals surface area contributed by atoms with Crippen LogP contribution in [-0.4, -0.2) is 38.5 Å². The number of amides is 1. The molecular weight excluding hydrogens is 441 g/mol. The number of nitrogens with zero attached hydrogens (tertiary/aromatic N) is 4. The van der Waals surface area contributed by atoms with Gasteiger partial charge in [0.1, 0.15) is 5.56 Å². The van der Waals surface area contributed by atoms with Crippen molar-refractivity contribution >= 4 is 11.6 Å².